The number of imidazole rings is 1. The number of aromatic nitrogens is 2. The Morgan fingerprint density at radius 3 is 3.00 bits per heavy atom. The highest BCUT2D eigenvalue weighted by atomic mass is 32.2. The molecular weight excluding hydrogens is 252 g/mol. The van der Waals surface area contributed by atoms with Crippen LogP contribution in [0.2, 0.25) is 0 Å². The summed E-state index contributed by atoms with van der Waals surface area (Å²) in [6.45, 7) is 1.09. The smallest absolute Gasteiger partial charge is 0.258 e. The molecule has 1 saturated carbocycles. The van der Waals surface area contributed by atoms with Crippen molar-refractivity contribution in [3.63, 3.8) is 0 Å². The molecule has 7 heteroatoms. The highest BCUT2D eigenvalue weighted by Gasteiger charge is 2.35. The first-order valence-electron chi connectivity index (χ1n) is 6.38. The van der Waals surface area contributed by atoms with Gasteiger partial charge in [0.25, 0.3) is 10.0 Å². The van der Waals surface area contributed by atoms with Gasteiger partial charge in [-0.15, -0.1) is 0 Å². The average molecular weight is 270 g/mol. The van der Waals surface area contributed by atoms with Crippen LogP contribution in [0.1, 0.15) is 25.1 Å². The highest BCUT2D eigenvalue weighted by molar-refractivity contribution is 7.89. The molecule has 1 aliphatic heterocycles. The van der Waals surface area contributed by atoms with Gasteiger partial charge in [0, 0.05) is 25.6 Å². The maximum Gasteiger partial charge on any atom is 0.258 e. The fourth-order valence-electron chi connectivity index (χ4n) is 2.54. The van der Waals surface area contributed by atoms with Crippen molar-refractivity contribution in [3.05, 3.63) is 12.0 Å². The fourth-order valence-corrected chi connectivity index (χ4v) is 4.03. The number of hydrogen-bond donors (Lipinski definition) is 2. The van der Waals surface area contributed by atoms with Crippen LogP contribution in [-0.2, 0) is 23.0 Å². The minimum absolute atomic E-state index is 0.137. The first kappa shape index (κ1) is 12.1. The van der Waals surface area contributed by atoms with Gasteiger partial charge in [-0.25, -0.2) is 18.1 Å². The summed E-state index contributed by atoms with van der Waals surface area (Å²) in [6.07, 6.45) is 5.41. The molecule has 1 aliphatic carbocycles. The van der Waals surface area contributed by atoms with Crippen LogP contribution < -0.4 is 10.5 Å². The summed E-state index contributed by atoms with van der Waals surface area (Å²) in [5.74, 6) is 1.27. The zero-order chi connectivity index (χ0) is 12.8. The summed E-state index contributed by atoms with van der Waals surface area (Å²) >= 11 is 0. The van der Waals surface area contributed by atoms with Gasteiger partial charge in [-0.2, -0.15) is 0 Å². The number of hydrogen-bond acceptors (Lipinski definition) is 4. The van der Waals surface area contributed by atoms with Crippen LogP contribution in [0, 0.1) is 5.92 Å². The van der Waals surface area contributed by atoms with Crippen molar-refractivity contribution in [2.24, 2.45) is 11.7 Å². The lowest BCUT2D eigenvalue weighted by Gasteiger charge is -2.16. The normalized spacial score (nSPS) is 20.9. The lowest BCUT2D eigenvalue weighted by atomic mass is 10.2. The molecule has 6 nitrogen and oxygen atoms in total. The summed E-state index contributed by atoms with van der Waals surface area (Å²) in [7, 11) is -3.49. The number of rotatable bonds is 5. The number of nitrogens with one attached hydrogen (secondary N) is 1. The van der Waals surface area contributed by atoms with E-state index in [0.717, 1.165) is 38.1 Å². The Morgan fingerprint density at radius 2 is 2.33 bits per heavy atom. The van der Waals surface area contributed by atoms with Gasteiger partial charge in [0.15, 0.2) is 5.03 Å². The first-order chi connectivity index (χ1) is 8.62. The van der Waals surface area contributed by atoms with Crippen molar-refractivity contribution < 1.29 is 8.42 Å². The standard InChI is InChI=1S/C11H18N4O2S/c12-6-9(8-3-4-8)14-18(16,17)11-7-13-10-2-1-5-15(10)11/h7-9,14H,1-6,12H2. The lowest BCUT2D eigenvalue weighted by Crippen LogP contribution is -2.42. The highest BCUT2D eigenvalue weighted by Crippen LogP contribution is 2.33. The number of aryl methyl sites for hydroxylation is 1. The van der Waals surface area contributed by atoms with Crippen LogP contribution in [0.25, 0.3) is 0 Å². The summed E-state index contributed by atoms with van der Waals surface area (Å²) in [5, 5.41) is 0.286. The second-order valence-electron chi connectivity index (χ2n) is 5.07. The summed E-state index contributed by atoms with van der Waals surface area (Å²) in [4.78, 5) is 4.17. The molecule has 18 heavy (non-hydrogen) atoms. The molecule has 0 saturated heterocycles. The van der Waals surface area contributed by atoms with Crippen molar-refractivity contribution in [1.29, 1.82) is 0 Å². The van der Waals surface area contributed by atoms with Gasteiger partial charge in [-0.05, 0) is 25.2 Å². The van der Waals surface area contributed by atoms with E-state index >= 15 is 0 Å². The minimum Gasteiger partial charge on any atom is -0.329 e. The third-order valence-corrected chi connectivity index (χ3v) is 5.20. The van der Waals surface area contributed by atoms with E-state index in [1.807, 2.05) is 0 Å². The Morgan fingerprint density at radius 1 is 1.56 bits per heavy atom. The topological polar surface area (TPSA) is 90.0 Å². The second-order valence-corrected chi connectivity index (χ2v) is 6.73. The van der Waals surface area contributed by atoms with E-state index in [4.69, 9.17) is 5.73 Å². The molecule has 1 atom stereocenters. The zero-order valence-electron chi connectivity index (χ0n) is 10.2. The van der Waals surface area contributed by atoms with E-state index in [-0.39, 0.29) is 11.1 Å². The Hall–Kier alpha value is -0.920. The lowest BCUT2D eigenvalue weighted by molar-refractivity contribution is 0.511. The Balaban J connectivity index is 1.85. The molecule has 3 N–H and O–H groups in total. The predicted octanol–water partition coefficient (Wildman–Crippen LogP) is -0.155. The molecule has 1 aromatic rings. The molecule has 1 fully saturated rings. The Bertz CT molecular complexity index is 547. The van der Waals surface area contributed by atoms with Gasteiger partial charge < -0.3 is 10.3 Å². The van der Waals surface area contributed by atoms with Gasteiger partial charge >= 0.3 is 0 Å². The van der Waals surface area contributed by atoms with Gasteiger partial charge in [0.05, 0.1) is 6.20 Å². The molecule has 2 heterocycles. The maximum atomic E-state index is 12.3. The fraction of sp³-hybridized carbons (Fsp3) is 0.727. The van der Waals surface area contributed by atoms with E-state index in [0.29, 0.717) is 12.5 Å². The van der Waals surface area contributed by atoms with Crippen LogP contribution in [-0.4, -0.2) is 30.6 Å². The van der Waals surface area contributed by atoms with Crippen molar-refractivity contribution in [3.8, 4) is 0 Å². The van der Waals surface area contributed by atoms with Gasteiger partial charge in [0.1, 0.15) is 5.82 Å². The van der Waals surface area contributed by atoms with Gasteiger partial charge in [-0.3, -0.25) is 0 Å². The monoisotopic (exact) mass is 270 g/mol. The third kappa shape index (κ3) is 2.06. The third-order valence-electron chi connectivity index (χ3n) is 3.71. The molecule has 0 amide bonds. The van der Waals surface area contributed by atoms with Crippen LogP contribution in [0.3, 0.4) is 0 Å². The van der Waals surface area contributed by atoms with E-state index in [1.54, 1.807) is 4.57 Å². The van der Waals surface area contributed by atoms with Crippen LogP contribution >= 0.6 is 0 Å². The molecule has 1 aromatic heterocycles. The Kier molecular flexibility index (Phi) is 2.91. The predicted molar refractivity (Wildman–Crippen MR) is 66.4 cm³/mol. The quantitative estimate of drug-likeness (QED) is 0.778. The SMILES string of the molecule is NCC(NS(=O)(=O)c1cnc2n1CCC2)C1CC1. The van der Waals surface area contributed by atoms with Gasteiger partial charge in [-0.1, -0.05) is 0 Å². The van der Waals surface area contributed by atoms with Crippen molar-refractivity contribution in [1.82, 2.24) is 14.3 Å². The maximum absolute atomic E-state index is 12.3. The van der Waals surface area contributed by atoms with E-state index in [2.05, 4.69) is 9.71 Å². The van der Waals surface area contributed by atoms with E-state index < -0.39 is 10.0 Å². The van der Waals surface area contributed by atoms with Crippen molar-refractivity contribution in [2.75, 3.05) is 6.54 Å². The number of sulfonamides is 1. The number of nitrogens with two attached hydrogens (primary N) is 1. The molecule has 0 spiro atoms. The molecule has 1 unspecified atom stereocenters. The minimum atomic E-state index is -3.49. The molecular formula is C11H18N4O2S. The molecule has 2 aliphatic rings. The largest absolute Gasteiger partial charge is 0.329 e. The van der Waals surface area contributed by atoms with Crippen molar-refractivity contribution >= 4 is 10.0 Å². The molecule has 0 radical (unpaired) electrons. The molecule has 100 valence electrons. The van der Waals surface area contributed by atoms with Crippen LogP contribution in [0.15, 0.2) is 11.2 Å². The zero-order valence-corrected chi connectivity index (χ0v) is 11.0. The summed E-state index contributed by atoms with van der Waals surface area (Å²) < 4.78 is 29.2. The molecule has 0 bridgehead atoms. The molecule has 3 rings (SSSR count). The van der Waals surface area contributed by atoms with E-state index in [1.165, 1.54) is 6.20 Å². The van der Waals surface area contributed by atoms with Gasteiger partial charge in [0.2, 0.25) is 0 Å². The summed E-state index contributed by atoms with van der Waals surface area (Å²) in [5.41, 5.74) is 5.64. The van der Waals surface area contributed by atoms with Crippen LogP contribution in [0.4, 0.5) is 0 Å². The average Bonchev–Trinajstić information content (AvgIpc) is 2.91. The summed E-state index contributed by atoms with van der Waals surface area (Å²) in [6, 6.07) is -0.137. The van der Waals surface area contributed by atoms with E-state index in [9.17, 15) is 8.42 Å². The second kappa shape index (κ2) is 4.32. The number of fused-ring (bicyclic) bond motifs is 1. The molecule has 0 aromatic carbocycles. The first-order valence-corrected chi connectivity index (χ1v) is 7.87. The number of nitrogens with zero attached hydrogens (tertiary/aromatic N) is 2. The van der Waals surface area contributed by atoms with Crippen LogP contribution in [0.5, 0.6) is 0 Å². The Labute approximate surface area is 107 Å². The van der Waals surface area contributed by atoms with Crippen molar-refractivity contribution in [2.45, 2.75) is 43.3 Å².